The number of imidazole rings is 1. The van der Waals surface area contributed by atoms with Crippen LogP contribution in [0.2, 0.25) is 0 Å². The van der Waals surface area contributed by atoms with Crippen LogP contribution in [0.25, 0.3) is 5.65 Å². The number of carbonyl (C=O) groups is 1. The highest BCUT2D eigenvalue weighted by molar-refractivity contribution is 5.84. The lowest BCUT2D eigenvalue weighted by molar-refractivity contribution is -0.149. The van der Waals surface area contributed by atoms with Crippen molar-refractivity contribution in [1.29, 1.82) is 0 Å². The summed E-state index contributed by atoms with van der Waals surface area (Å²) in [5.74, 6) is 1.46. The second-order valence-electron chi connectivity index (χ2n) is 8.39. The normalized spacial score (nSPS) is 28.0. The minimum absolute atomic E-state index is 0.272. The third-order valence-electron chi connectivity index (χ3n) is 6.78. The molecule has 2 aromatic rings. The molecule has 28 heavy (non-hydrogen) atoms. The number of methoxy groups -OCH3 is 1. The molecule has 7 nitrogen and oxygen atoms in total. The molecular formula is C21H28N4O3. The molecule has 0 saturated carbocycles. The number of aromatic nitrogens is 2. The number of rotatable bonds is 4. The fraction of sp³-hybridized carbons (Fsp3) is 0.619. The molecule has 150 valence electrons. The minimum atomic E-state index is -0.272. The summed E-state index contributed by atoms with van der Waals surface area (Å²) in [6.07, 6.45) is 7.06. The molecule has 5 rings (SSSR count). The predicted octanol–water partition coefficient (Wildman–Crippen LogP) is 1.80. The summed E-state index contributed by atoms with van der Waals surface area (Å²) in [5, 5.41) is 0. The maximum absolute atomic E-state index is 13.4. The molecule has 2 aromatic heterocycles. The van der Waals surface area contributed by atoms with E-state index in [0.29, 0.717) is 19.1 Å². The monoisotopic (exact) mass is 384 g/mol. The largest absolute Gasteiger partial charge is 0.497 e. The van der Waals surface area contributed by atoms with Crippen molar-refractivity contribution in [3.05, 3.63) is 30.2 Å². The quantitative estimate of drug-likeness (QED) is 0.805. The molecule has 0 spiro atoms. The van der Waals surface area contributed by atoms with Crippen LogP contribution in [0.15, 0.2) is 24.5 Å². The average molecular weight is 384 g/mol. The zero-order chi connectivity index (χ0) is 19.1. The number of hydrogen-bond donors (Lipinski definition) is 0. The first-order valence-electron chi connectivity index (χ1n) is 10.3. The van der Waals surface area contributed by atoms with Crippen LogP contribution in [0, 0.1) is 11.3 Å². The van der Waals surface area contributed by atoms with Crippen molar-refractivity contribution >= 4 is 11.6 Å². The van der Waals surface area contributed by atoms with Crippen LogP contribution in [0.1, 0.15) is 25.0 Å². The van der Waals surface area contributed by atoms with Crippen molar-refractivity contribution in [1.82, 2.24) is 19.2 Å². The second kappa shape index (κ2) is 7.04. The maximum atomic E-state index is 13.4. The van der Waals surface area contributed by atoms with Gasteiger partial charge in [0.05, 0.1) is 31.0 Å². The molecule has 1 amide bonds. The van der Waals surface area contributed by atoms with Gasteiger partial charge in [0.25, 0.3) is 0 Å². The van der Waals surface area contributed by atoms with Crippen LogP contribution >= 0.6 is 0 Å². The highest BCUT2D eigenvalue weighted by atomic mass is 16.5. The van der Waals surface area contributed by atoms with Gasteiger partial charge in [-0.25, -0.2) is 4.98 Å². The molecule has 3 aliphatic heterocycles. The van der Waals surface area contributed by atoms with Gasteiger partial charge < -0.3 is 18.8 Å². The molecule has 0 radical (unpaired) electrons. The van der Waals surface area contributed by atoms with Gasteiger partial charge in [0.1, 0.15) is 11.4 Å². The summed E-state index contributed by atoms with van der Waals surface area (Å²) in [6, 6.07) is 3.90. The summed E-state index contributed by atoms with van der Waals surface area (Å²) in [4.78, 5) is 22.5. The lowest BCUT2D eigenvalue weighted by atomic mass is 9.73. The average Bonchev–Trinajstić information content (AvgIpc) is 3.46. The van der Waals surface area contributed by atoms with E-state index >= 15 is 0 Å². The number of carbonyl (C=O) groups excluding carboxylic acids is 1. The van der Waals surface area contributed by atoms with Gasteiger partial charge in [-0.05, 0) is 25.3 Å². The fourth-order valence-electron chi connectivity index (χ4n) is 5.25. The van der Waals surface area contributed by atoms with Gasteiger partial charge in [-0.3, -0.25) is 9.69 Å². The summed E-state index contributed by atoms with van der Waals surface area (Å²) in [5.41, 5.74) is 1.75. The molecule has 3 aliphatic rings. The van der Waals surface area contributed by atoms with Crippen molar-refractivity contribution in [3.63, 3.8) is 0 Å². The Kier molecular flexibility index (Phi) is 4.51. The number of amides is 1. The summed E-state index contributed by atoms with van der Waals surface area (Å²) in [6.45, 7) is 5.74. The Labute approximate surface area is 165 Å². The van der Waals surface area contributed by atoms with Crippen LogP contribution in [0.3, 0.4) is 0 Å². The molecule has 7 heteroatoms. The maximum Gasteiger partial charge on any atom is 0.230 e. The zero-order valence-electron chi connectivity index (χ0n) is 16.5. The van der Waals surface area contributed by atoms with Crippen molar-refractivity contribution in [2.45, 2.75) is 25.8 Å². The number of likely N-dealkylation sites (tertiary alicyclic amines) is 2. The molecule has 5 heterocycles. The van der Waals surface area contributed by atoms with Gasteiger partial charge in [-0.1, -0.05) is 0 Å². The lowest BCUT2D eigenvalue weighted by Gasteiger charge is -2.39. The van der Waals surface area contributed by atoms with Crippen LogP contribution < -0.4 is 4.74 Å². The van der Waals surface area contributed by atoms with E-state index in [0.717, 1.165) is 69.1 Å². The number of hydrogen-bond acceptors (Lipinski definition) is 5. The molecule has 0 aliphatic carbocycles. The Bertz CT molecular complexity index is 876. The van der Waals surface area contributed by atoms with Gasteiger partial charge in [0, 0.05) is 57.5 Å². The summed E-state index contributed by atoms with van der Waals surface area (Å²) < 4.78 is 13.2. The van der Waals surface area contributed by atoms with E-state index in [1.54, 1.807) is 7.11 Å². The van der Waals surface area contributed by atoms with E-state index in [-0.39, 0.29) is 11.3 Å². The molecule has 3 saturated heterocycles. The summed E-state index contributed by atoms with van der Waals surface area (Å²) in [7, 11) is 1.67. The Hall–Kier alpha value is -2.12. The van der Waals surface area contributed by atoms with E-state index in [4.69, 9.17) is 9.47 Å². The third kappa shape index (κ3) is 2.88. The molecule has 2 unspecified atom stereocenters. The number of fused-ring (bicyclic) bond motifs is 2. The van der Waals surface area contributed by atoms with Crippen molar-refractivity contribution in [3.8, 4) is 5.75 Å². The van der Waals surface area contributed by atoms with Gasteiger partial charge in [-0.2, -0.15) is 0 Å². The topological polar surface area (TPSA) is 59.3 Å². The highest BCUT2D eigenvalue weighted by Gasteiger charge is 2.54. The molecule has 3 fully saturated rings. The Morgan fingerprint density at radius 1 is 1.39 bits per heavy atom. The number of ether oxygens (including phenoxy) is 2. The van der Waals surface area contributed by atoms with E-state index < -0.39 is 0 Å². The summed E-state index contributed by atoms with van der Waals surface area (Å²) >= 11 is 0. The van der Waals surface area contributed by atoms with Crippen molar-refractivity contribution in [2.75, 3.05) is 46.5 Å². The zero-order valence-corrected chi connectivity index (χ0v) is 16.5. The standard InChI is InChI=1S/C21H28N4O3/c1-27-18-4-8-25-17(11-22-19(25)10-18)13-23-12-16-14-28-9-5-21(16,15-23)20(26)24-6-2-3-7-24/h4,8,10-11,16H,2-3,5-7,9,12-15H2,1H3. The van der Waals surface area contributed by atoms with E-state index in [2.05, 4.69) is 19.2 Å². The second-order valence-corrected chi connectivity index (χ2v) is 8.39. The molecular weight excluding hydrogens is 356 g/mol. The van der Waals surface area contributed by atoms with Crippen LogP contribution in [-0.4, -0.2) is 71.6 Å². The SMILES string of the molecule is COc1ccn2c(CN3CC4COCCC4(C(=O)N4CCCC4)C3)cnc2c1. The van der Waals surface area contributed by atoms with E-state index in [9.17, 15) is 4.79 Å². The van der Waals surface area contributed by atoms with Gasteiger partial charge in [0.2, 0.25) is 5.91 Å². The Morgan fingerprint density at radius 2 is 2.25 bits per heavy atom. The third-order valence-corrected chi connectivity index (χ3v) is 6.78. The first-order valence-corrected chi connectivity index (χ1v) is 10.3. The van der Waals surface area contributed by atoms with Crippen LogP contribution in [-0.2, 0) is 16.1 Å². The first kappa shape index (κ1) is 17.9. The van der Waals surface area contributed by atoms with E-state index in [1.807, 2.05) is 24.5 Å². The molecule has 2 atom stereocenters. The number of pyridine rings is 1. The van der Waals surface area contributed by atoms with Crippen LogP contribution in [0.4, 0.5) is 0 Å². The Balaban J connectivity index is 1.38. The lowest BCUT2D eigenvalue weighted by Crippen LogP contribution is -2.51. The Morgan fingerprint density at radius 3 is 3.07 bits per heavy atom. The molecule has 0 bridgehead atoms. The number of nitrogens with zero attached hydrogens (tertiary/aromatic N) is 4. The molecule has 0 aromatic carbocycles. The van der Waals surface area contributed by atoms with Crippen molar-refractivity contribution < 1.29 is 14.3 Å². The minimum Gasteiger partial charge on any atom is -0.497 e. The smallest absolute Gasteiger partial charge is 0.230 e. The van der Waals surface area contributed by atoms with E-state index in [1.165, 1.54) is 0 Å². The van der Waals surface area contributed by atoms with Crippen LogP contribution in [0.5, 0.6) is 5.75 Å². The first-order chi connectivity index (χ1) is 13.7. The van der Waals surface area contributed by atoms with Gasteiger partial charge in [-0.15, -0.1) is 0 Å². The van der Waals surface area contributed by atoms with Crippen molar-refractivity contribution in [2.24, 2.45) is 11.3 Å². The van der Waals surface area contributed by atoms with Gasteiger partial charge in [0.15, 0.2) is 0 Å². The predicted molar refractivity (Wildman–Crippen MR) is 104 cm³/mol. The highest BCUT2D eigenvalue weighted by Crippen LogP contribution is 2.44. The molecule has 0 N–H and O–H groups in total. The van der Waals surface area contributed by atoms with Gasteiger partial charge >= 0.3 is 0 Å². The fourth-order valence-corrected chi connectivity index (χ4v) is 5.25.